The van der Waals surface area contributed by atoms with Crippen LogP contribution in [0.25, 0.3) is 22.4 Å². The number of anilines is 2. The molecule has 0 aliphatic rings. The average Bonchev–Trinajstić information content (AvgIpc) is 3.30. The van der Waals surface area contributed by atoms with Gasteiger partial charge in [0.2, 0.25) is 5.89 Å². The van der Waals surface area contributed by atoms with Gasteiger partial charge >= 0.3 is 6.03 Å². The van der Waals surface area contributed by atoms with Crippen LogP contribution < -0.4 is 10.6 Å². The summed E-state index contributed by atoms with van der Waals surface area (Å²) in [6, 6.07) is 16.3. The molecule has 0 saturated carbocycles. The van der Waals surface area contributed by atoms with E-state index in [9.17, 15) is 4.79 Å². The molecule has 3 heterocycles. The highest BCUT2D eigenvalue weighted by Gasteiger charge is 2.14. The first kappa shape index (κ1) is 20.6. The summed E-state index contributed by atoms with van der Waals surface area (Å²) in [6.45, 7) is 1.93. The van der Waals surface area contributed by atoms with Crippen LogP contribution in [0.15, 0.2) is 88.0 Å². The number of hydrogen-bond donors (Lipinski definition) is 2. The third-order valence-electron chi connectivity index (χ3n) is 4.75. The van der Waals surface area contributed by atoms with Crippen molar-refractivity contribution < 1.29 is 9.21 Å². The molecule has 162 valence electrons. The first-order valence-corrected chi connectivity index (χ1v) is 10.8. The number of hydrogen-bond acceptors (Lipinski definition) is 8. The van der Waals surface area contributed by atoms with E-state index in [1.54, 1.807) is 24.5 Å². The van der Waals surface area contributed by atoms with E-state index in [0.717, 1.165) is 27.7 Å². The number of aryl methyl sites for hydroxylation is 1. The highest BCUT2D eigenvalue weighted by Crippen LogP contribution is 2.33. The molecule has 2 N–H and O–H groups in total. The highest BCUT2D eigenvalue weighted by molar-refractivity contribution is 7.99. The van der Waals surface area contributed by atoms with Gasteiger partial charge in [-0.25, -0.2) is 14.8 Å². The standard InChI is InChI=1S/C23H17N7O2S/c1-14-5-2-3-7-18(14)28-22(31)27-16-8-9-19-17(11-16)21(26-13-25-19)33-23-30-29-20(32-23)15-6-4-10-24-12-15/h2-13H,1H3,(H2,27,28,31). The molecule has 5 rings (SSSR count). The van der Waals surface area contributed by atoms with Gasteiger partial charge in [0.05, 0.1) is 11.1 Å². The van der Waals surface area contributed by atoms with Crippen molar-refractivity contribution in [2.75, 3.05) is 10.6 Å². The van der Waals surface area contributed by atoms with E-state index < -0.39 is 0 Å². The van der Waals surface area contributed by atoms with E-state index >= 15 is 0 Å². The van der Waals surface area contributed by atoms with Crippen molar-refractivity contribution in [3.8, 4) is 11.5 Å². The van der Waals surface area contributed by atoms with Crippen molar-refractivity contribution in [3.63, 3.8) is 0 Å². The van der Waals surface area contributed by atoms with Gasteiger partial charge in [-0.2, -0.15) is 0 Å². The summed E-state index contributed by atoms with van der Waals surface area (Å²) in [5, 5.41) is 15.6. The minimum Gasteiger partial charge on any atom is -0.411 e. The predicted octanol–water partition coefficient (Wildman–Crippen LogP) is 5.18. The molecule has 0 atom stereocenters. The molecule has 0 radical (unpaired) electrons. The van der Waals surface area contributed by atoms with Gasteiger partial charge in [-0.15, -0.1) is 10.2 Å². The number of aromatic nitrogens is 5. The Labute approximate surface area is 192 Å². The fraction of sp³-hybridized carbons (Fsp3) is 0.0435. The Bertz CT molecular complexity index is 1440. The fourth-order valence-electron chi connectivity index (χ4n) is 3.13. The van der Waals surface area contributed by atoms with Crippen molar-refractivity contribution in [1.29, 1.82) is 0 Å². The van der Waals surface area contributed by atoms with Gasteiger partial charge in [-0.3, -0.25) is 4.98 Å². The third kappa shape index (κ3) is 4.65. The SMILES string of the molecule is Cc1ccccc1NC(=O)Nc1ccc2ncnc(Sc3nnc(-c4cccnc4)o3)c2c1. The molecule has 0 spiro atoms. The maximum Gasteiger partial charge on any atom is 0.323 e. The zero-order chi connectivity index (χ0) is 22.6. The number of benzene rings is 2. The van der Waals surface area contributed by atoms with Gasteiger partial charge in [0.15, 0.2) is 0 Å². The van der Waals surface area contributed by atoms with E-state index in [4.69, 9.17) is 4.42 Å². The molecule has 0 bridgehead atoms. The third-order valence-corrected chi connectivity index (χ3v) is 5.61. The molecule has 0 aliphatic heterocycles. The Balaban J connectivity index is 1.37. The van der Waals surface area contributed by atoms with Gasteiger partial charge in [0.1, 0.15) is 11.4 Å². The minimum atomic E-state index is -0.340. The Morgan fingerprint density at radius 3 is 2.76 bits per heavy atom. The van der Waals surface area contributed by atoms with Crippen LogP contribution in [0.4, 0.5) is 16.2 Å². The van der Waals surface area contributed by atoms with Crippen LogP contribution in [0.3, 0.4) is 0 Å². The smallest absolute Gasteiger partial charge is 0.323 e. The molecule has 33 heavy (non-hydrogen) atoms. The summed E-state index contributed by atoms with van der Waals surface area (Å²) in [5.41, 5.74) is 3.78. The van der Waals surface area contributed by atoms with Gasteiger partial charge < -0.3 is 15.1 Å². The van der Waals surface area contributed by atoms with Crippen molar-refractivity contribution in [3.05, 3.63) is 78.9 Å². The maximum absolute atomic E-state index is 12.5. The normalized spacial score (nSPS) is 10.8. The Kier molecular flexibility index (Phi) is 5.64. The quantitative estimate of drug-likeness (QED) is 0.348. The maximum atomic E-state index is 12.5. The molecule has 0 saturated heterocycles. The van der Waals surface area contributed by atoms with Crippen LogP contribution in [0.5, 0.6) is 0 Å². The van der Waals surface area contributed by atoms with E-state index in [1.807, 2.05) is 49.4 Å². The fourth-order valence-corrected chi connectivity index (χ4v) is 3.87. The second-order valence-electron chi connectivity index (χ2n) is 7.02. The minimum absolute atomic E-state index is 0.338. The monoisotopic (exact) mass is 455 g/mol. The lowest BCUT2D eigenvalue weighted by Gasteiger charge is -2.10. The van der Waals surface area contributed by atoms with E-state index in [2.05, 4.69) is 35.8 Å². The predicted molar refractivity (Wildman–Crippen MR) is 125 cm³/mol. The number of amides is 2. The Hall–Kier alpha value is -4.31. The summed E-state index contributed by atoms with van der Waals surface area (Å²) >= 11 is 1.22. The van der Waals surface area contributed by atoms with Crippen LogP contribution in [-0.4, -0.2) is 31.2 Å². The first-order chi connectivity index (χ1) is 16.2. The Morgan fingerprint density at radius 2 is 1.91 bits per heavy atom. The van der Waals surface area contributed by atoms with E-state index in [1.165, 1.54) is 18.1 Å². The molecule has 3 aromatic heterocycles. The number of fused-ring (bicyclic) bond motifs is 1. The van der Waals surface area contributed by atoms with Crippen LogP contribution in [0, 0.1) is 6.92 Å². The molecule has 10 heteroatoms. The number of urea groups is 1. The number of carbonyl (C=O) groups excluding carboxylic acids is 1. The first-order valence-electron chi connectivity index (χ1n) is 9.96. The average molecular weight is 456 g/mol. The second kappa shape index (κ2) is 9.05. The van der Waals surface area contributed by atoms with E-state index in [0.29, 0.717) is 21.8 Å². The number of nitrogens with zero attached hydrogens (tertiary/aromatic N) is 5. The molecule has 0 unspecified atom stereocenters. The molecular formula is C23H17N7O2S. The van der Waals surface area contributed by atoms with Gasteiger partial charge in [-0.1, -0.05) is 18.2 Å². The molecule has 5 aromatic rings. The van der Waals surface area contributed by atoms with Gasteiger partial charge in [-0.05, 0) is 60.6 Å². The van der Waals surface area contributed by atoms with Crippen molar-refractivity contribution in [1.82, 2.24) is 25.1 Å². The zero-order valence-electron chi connectivity index (χ0n) is 17.4. The summed E-state index contributed by atoms with van der Waals surface area (Å²) < 4.78 is 5.76. The molecule has 9 nitrogen and oxygen atoms in total. The van der Waals surface area contributed by atoms with Crippen LogP contribution in [0.2, 0.25) is 0 Å². The van der Waals surface area contributed by atoms with E-state index in [-0.39, 0.29) is 6.03 Å². The van der Waals surface area contributed by atoms with Crippen molar-refractivity contribution in [2.24, 2.45) is 0 Å². The van der Waals surface area contributed by atoms with Crippen LogP contribution >= 0.6 is 11.8 Å². The summed E-state index contributed by atoms with van der Waals surface area (Å²) in [7, 11) is 0. The Morgan fingerprint density at radius 1 is 1.00 bits per heavy atom. The van der Waals surface area contributed by atoms with Crippen LogP contribution in [0.1, 0.15) is 5.56 Å². The van der Waals surface area contributed by atoms with Gasteiger partial charge in [0, 0.05) is 29.2 Å². The molecule has 2 aromatic carbocycles. The number of nitrogens with one attached hydrogen (secondary N) is 2. The lowest BCUT2D eigenvalue weighted by Crippen LogP contribution is -2.19. The number of para-hydroxylation sites is 1. The molecular weight excluding hydrogens is 438 g/mol. The summed E-state index contributed by atoms with van der Waals surface area (Å²) in [6.07, 6.45) is 4.80. The van der Waals surface area contributed by atoms with Crippen molar-refractivity contribution >= 4 is 40.1 Å². The number of pyridine rings is 1. The second-order valence-corrected chi connectivity index (χ2v) is 7.96. The van der Waals surface area contributed by atoms with Crippen LogP contribution in [-0.2, 0) is 0 Å². The summed E-state index contributed by atoms with van der Waals surface area (Å²) in [4.78, 5) is 25.2. The lowest BCUT2D eigenvalue weighted by molar-refractivity contribution is 0.262. The molecule has 0 fully saturated rings. The highest BCUT2D eigenvalue weighted by atomic mass is 32.2. The van der Waals surface area contributed by atoms with Gasteiger partial charge in [0.25, 0.3) is 5.22 Å². The molecule has 0 aliphatic carbocycles. The lowest BCUT2D eigenvalue weighted by atomic mass is 10.2. The largest absolute Gasteiger partial charge is 0.411 e. The number of carbonyl (C=O) groups is 1. The zero-order valence-corrected chi connectivity index (χ0v) is 18.2. The topological polar surface area (TPSA) is 119 Å². The summed E-state index contributed by atoms with van der Waals surface area (Å²) in [5.74, 6) is 0.374. The molecule has 2 amide bonds. The van der Waals surface area contributed by atoms with Crippen molar-refractivity contribution in [2.45, 2.75) is 17.2 Å². The number of rotatable bonds is 5.